The van der Waals surface area contributed by atoms with Crippen LogP contribution in [-0.4, -0.2) is 57.8 Å². The molecule has 21 heavy (non-hydrogen) atoms. The molecule has 0 N–H and O–H groups in total. The van der Waals surface area contributed by atoms with Gasteiger partial charge in [0, 0.05) is 43.3 Å². The van der Waals surface area contributed by atoms with Crippen LogP contribution in [0.4, 0.5) is 0 Å². The Morgan fingerprint density at radius 1 is 1.52 bits per heavy atom. The fourth-order valence-corrected chi connectivity index (χ4v) is 3.64. The second-order valence-electron chi connectivity index (χ2n) is 5.32. The molecule has 7 heteroatoms. The second-order valence-corrected chi connectivity index (χ2v) is 6.55. The molecule has 0 aliphatic carbocycles. The van der Waals surface area contributed by atoms with E-state index in [2.05, 4.69) is 23.9 Å². The molecule has 1 atom stereocenters. The molecular weight excluding hydrogens is 308 g/mol. The average molecular weight is 325 g/mol. The molecule has 0 spiro atoms. The van der Waals surface area contributed by atoms with Crippen molar-refractivity contribution in [3.63, 3.8) is 0 Å². The van der Waals surface area contributed by atoms with Crippen LogP contribution in [0, 0.1) is 0 Å². The van der Waals surface area contributed by atoms with E-state index < -0.39 is 0 Å². The zero-order valence-electron chi connectivity index (χ0n) is 12.0. The number of hydrogen-bond acceptors (Lipinski definition) is 4. The van der Waals surface area contributed by atoms with E-state index in [0.717, 1.165) is 30.3 Å². The molecule has 0 radical (unpaired) electrons. The van der Waals surface area contributed by atoms with Crippen LogP contribution < -0.4 is 0 Å². The van der Waals surface area contributed by atoms with Gasteiger partial charge in [-0.05, 0) is 20.0 Å². The van der Waals surface area contributed by atoms with Gasteiger partial charge in [0.25, 0.3) is 0 Å². The molecular formula is C14H17ClN4OS. The smallest absolute Gasteiger partial charge is 0.246 e. The van der Waals surface area contributed by atoms with Crippen molar-refractivity contribution in [2.24, 2.45) is 0 Å². The maximum absolute atomic E-state index is 12.3. The quantitative estimate of drug-likeness (QED) is 0.795. The summed E-state index contributed by atoms with van der Waals surface area (Å²) in [6.45, 7) is 4.65. The van der Waals surface area contributed by atoms with Crippen LogP contribution in [0.15, 0.2) is 17.7 Å². The van der Waals surface area contributed by atoms with Crippen LogP contribution in [0.1, 0.15) is 12.6 Å². The minimum Gasteiger partial charge on any atom is -0.334 e. The number of carbonyl (C=O) groups is 1. The third-order valence-corrected chi connectivity index (χ3v) is 4.79. The fraction of sp³-hybridized carbons (Fsp3) is 0.429. The highest BCUT2D eigenvalue weighted by atomic mass is 35.5. The first-order valence-electron chi connectivity index (χ1n) is 6.84. The first-order chi connectivity index (χ1) is 10.1. The van der Waals surface area contributed by atoms with E-state index in [4.69, 9.17) is 11.6 Å². The van der Waals surface area contributed by atoms with E-state index in [-0.39, 0.29) is 11.9 Å². The van der Waals surface area contributed by atoms with Crippen molar-refractivity contribution in [1.29, 1.82) is 0 Å². The standard InChI is InChI=1S/C14H17ClN4OS/c1-10-9-17(2)5-6-18(10)12(20)4-3-11-13(15)16-14-19(11)7-8-21-14/h3-4,7-8,10H,5-6,9H2,1-2H3. The van der Waals surface area contributed by atoms with Gasteiger partial charge in [-0.3, -0.25) is 9.20 Å². The Morgan fingerprint density at radius 2 is 2.33 bits per heavy atom. The van der Waals surface area contributed by atoms with E-state index in [1.165, 1.54) is 11.3 Å². The van der Waals surface area contributed by atoms with Crippen LogP contribution in [0.25, 0.3) is 11.0 Å². The maximum atomic E-state index is 12.3. The summed E-state index contributed by atoms with van der Waals surface area (Å²) in [4.78, 5) is 21.6. The molecule has 1 unspecified atom stereocenters. The lowest BCUT2D eigenvalue weighted by atomic mass is 10.2. The van der Waals surface area contributed by atoms with Crippen molar-refractivity contribution in [3.8, 4) is 0 Å². The lowest BCUT2D eigenvalue weighted by Crippen LogP contribution is -2.52. The van der Waals surface area contributed by atoms with Gasteiger partial charge < -0.3 is 9.80 Å². The molecule has 1 aliphatic rings. The van der Waals surface area contributed by atoms with Gasteiger partial charge in [-0.2, -0.15) is 0 Å². The van der Waals surface area contributed by atoms with Gasteiger partial charge in [-0.1, -0.05) is 11.6 Å². The predicted molar refractivity (Wildman–Crippen MR) is 85.8 cm³/mol. The van der Waals surface area contributed by atoms with Crippen LogP contribution in [0.2, 0.25) is 5.15 Å². The summed E-state index contributed by atoms with van der Waals surface area (Å²) in [5.41, 5.74) is 0.753. The SMILES string of the molecule is CC1CN(C)CCN1C(=O)C=Cc1c(Cl)nc2sccn12. The molecule has 3 rings (SSSR count). The largest absolute Gasteiger partial charge is 0.334 e. The molecule has 3 heterocycles. The normalized spacial score (nSPS) is 20.7. The Morgan fingerprint density at radius 3 is 3.10 bits per heavy atom. The molecule has 1 amide bonds. The number of fused-ring (bicyclic) bond motifs is 1. The molecule has 112 valence electrons. The fourth-order valence-electron chi connectivity index (χ4n) is 2.64. The molecule has 1 saturated heterocycles. The first-order valence-corrected chi connectivity index (χ1v) is 8.10. The molecule has 0 saturated carbocycles. The third-order valence-electron chi connectivity index (χ3n) is 3.75. The number of carbonyl (C=O) groups excluding carboxylic acids is 1. The third kappa shape index (κ3) is 2.84. The van der Waals surface area contributed by atoms with Crippen molar-refractivity contribution in [2.45, 2.75) is 13.0 Å². The number of thiazole rings is 1. The zero-order chi connectivity index (χ0) is 15.0. The van der Waals surface area contributed by atoms with Gasteiger partial charge in [0.05, 0.1) is 5.69 Å². The minimum atomic E-state index is 0.0249. The monoisotopic (exact) mass is 324 g/mol. The van der Waals surface area contributed by atoms with Crippen LogP contribution in [0.5, 0.6) is 0 Å². The molecule has 0 bridgehead atoms. The number of likely N-dealkylation sites (N-methyl/N-ethyl adjacent to an activating group) is 1. The van der Waals surface area contributed by atoms with E-state index in [1.807, 2.05) is 20.9 Å². The Balaban J connectivity index is 1.78. The van der Waals surface area contributed by atoms with Gasteiger partial charge in [0.1, 0.15) is 0 Å². The number of rotatable bonds is 2. The molecule has 0 aromatic carbocycles. The molecule has 1 aliphatic heterocycles. The van der Waals surface area contributed by atoms with Crippen LogP contribution in [-0.2, 0) is 4.79 Å². The minimum absolute atomic E-state index is 0.0249. The summed E-state index contributed by atoms with van der Waals surface area (Å²) in [5.74, 6) is 0.0249. The zero-order valence-corrected chi connectivity index (χ0v) is 13.6. The topological polar surface area (TPSA) is 40.8 Å². The van der Waals surface area contributed by atoms with Gasteiger partial charge in [-0.25, -0.2) is 4.98 Å². The summed E-state index contributed by atoms with van der Waals surface area (Å²) >= 11 is 7.64. The molecule has 5 nitrogen and oxygen atoms in total. The first kappa shape index (κ1) is 14.6. The average Bonchev–Trinajstić information content (AvgIpc) is 2.97. The Labute approximate surface area is 132 Å². The molecule has 1 fully saturated rings. The lowest BCUT2D eigenvalue weighted by Gasteiger charge is -2.37. The van der Waals surface area contributed by atoms with E-state index in [9.17, 15) is 4.79 Å². The summed E-state index contributed by atoms with van der Waals surface area (Å²) < 4.78 is 1.89. The van der Waals surface area contributed by atoms with E-state index in [1.54, 1.807) is 12.2 Å². The summed E-state index contributed by atoms with van der Waals surface area (Å²) in [7, 11) is 2.08. The summed E-state index contributed by atoms with van der Waals surface area (Å²) in [6.07, 6.45) is 5.25. The van der Waals surface area contributed by atoms with Crippen molar-refractivity contribution < 1.29 is 4.79 Å². The van der Waals surface area contributed by atoms with Crippen molar-refractivity contribution in [1.82, 2.24) is 19.2 Å². The van der Waals surface area contributed by atoms with Crippen LogP contribution >= 0.6 is 22.9 Å². The second kappa shape index (κ2) is 5.79. The number of aromatic nitrogens is 2. The van der Waals surface area contributed by atoms with Crippen molar-refractivity contribution in [2.75, 3.05) is 26.7 Å². The number of hydrogen-bond donors (Lipinski definition) is 0. The highest BCUT2D eigenvalue weighted by molar-refractivity contribution is 7.15. The van der Waals surface area contributed by atoms with E-state index in [0.29, 0.717) is 5.15 Å². The Bertz CT molecular complexity index is 692. The van der Waals surface area contributed by atoms with Crippen molar-refractivity contribution >= 4 is 39.9 Å². The number of imidazole rings is 1. The number of nitrogens with zero attached hydrogens (tertiary/aromatic N) is 4. The Kier molecular flexibility index (Phi) is 4.01. The summed E-state index contributed by atoms with van der Waals surface area (Å²) in [5, 5.41) is 2.37. The van der Waals surface area contributed by atoms with Crippen LogP contribution in [0.3, 0.4) is 0 Å². The summed E-state index contributed by atoms with van der Waals surface area (Å²) in [6, 6.07) is 0.225. The van der Waals surface area contributed by atoms with Gasteiger partial charge in [-0.15, -0.1) is 11.3 Å². The van der Waals surface area contributed by atoms with Gasteiger partial charge in [0.15, 0.2) is 10.1 Å². The highest BCUT2D eigenvalue weighted by Crippen LogP contribution is 2.22. The Hall–Kier alpha value is -1.37. The molecule has 2 aromatic rings. The number of amides is 1. The number of halogens is 1. The number of piperazine rings is 1. The van der Waals surface area contributed by atoms with Crippen molar-refractivity contribution in [3.05, 3.63) is 28.5 Å². The van der Waals surface area contributed by atoms with E-state index >= 15 is 0 Å². The maximum Gasteiger partial charge on any atom is 0.246 e. The lowest BCUT2D eigenvalue weighted by molar-refractivity contribution is -0.130. The van der Waals surface area contributed by atoms with Gasteiger partial charge >= 0.3 is 0 Å². The molecule has 2 aromatic heterocycles. The predicted octanol–water partition coefficient (Wildman–Crippen LogP) is 2.22. The highest BCUT2D eigenvalue weighted by Gasteiger charge is 2.24. The van der Waals surface area contributed by atoms with Gasteiger partial charge in [0.2, 0.25) is 5.91 Å².